The summed E-state index contributed by atoms with van der Waals surface area (Å²) in [5.41, 5.74) is 4.40. The number of hydrogen-bond donors (Lipinski definition) is 2. The number of rotatable bonds is 22. The molecule has 1 amide bonds. The van der Waals surface area contributed by atoms with Gasteiger partial charge in [-0.25, -0.2) is 0 Å². The Bertz CT molecular complexity index is 2080. The highest BCUT2D eigenvalue weighted by atomic mass is 16.5. The first-order valence-corrected chi connectivity index (χ1v) is 19.5. The minimum absolute atomic E-state index is 0.107. The molecule has 0 fully saturated rings. The summed E-state index contributed by atoms with van der Waals surface area (Å²) in [6, 6.07) is 22.4. The Labute approximate surface area is 339 Å². The van der Waals surface area contributed by atoms with Crippen LogP contribution < -0.4 is 48.5 Å². The second-order valence-corrected chi connectivity index (χ2v) is 13.7. The zero-order valence-corrected chi connectivity index (χ0v) is 34.1. The lowest BCUT2D eigenvalue weighted by molar-refractivity contribution is 0.0935. The summed E-state index contributed by atoms with van der Waals surface area (Å²) >= 11 is 0. The second-order valence-electron chi connectivity index (χ2n) is 13.7. The number of benzene rings is 4. The van der Waals surface area contributed by atoms with Crippen LogP contribution in [0.4, 0.5) is 5.69 Å². The van der Waals surface area contributed by atoms with Gasteiger partial charge in [0.15, 0.2) is 40.3 Å². The van der Waals surface area contributed by atoms with Gasteiger partial charge in [-0.15, -0.1) is 0 Å². The third kappa shape index (κ3) is 9.82. The Morgan fingerprint density at radius 1 is 0.552 bits per heavy atom. The fourth-order valence-corrected chi connectivity index (χ4v) is 6.92. The van der Waals surface area contributed by atoms with Crippen molar-refractivity contribution in [3.05, 3.63) is 83.9 Å². The highest BCUT2D eigenvalue weighted by Crippen LogP contribution is 2.44. The highest BCUT2D eigenvalue weighted by Gasteiger charge is 2.25. The van der Waals surface area contributed by atoms with Gasteiger partial charge in [0.25, 0.3) is 5.91 Å². The molecule has 1 unspecified atom stereocenters. The van der Waals surface area contributed by atoms with Crippen LogP contribution in [0.2, 0.25) is 0 Å². The van der Waals surface area contributed by atoms with Crippen molar-refractivity contribution in [2.24, 2.45) is 0 Å². The normalized spacial score (nSPS) is 13.1. The average molecular weight is 796 g/mol. The molecule has 0 aliphatic carbocycles. The van der Waals surface area contributed by atoms with Gasteiger partial charge in [-0.3, -0.25) is 4.79 Å². The van der Waals surface area contributed by atoms with E-state index in [2.05, 4.69) is 15.8 Å². The molecule has 0 spiro atoms. The van der Waals surface area contributed by atoms with Crippen molar-refractivity contribution in [3.8, 4) is 68.6 Å². The number of nitrogens with zero attached hydrogens (tertiary/aromatic N) is 1. The molecule has 6 rings (SSSR count). The Hall–Kier alpha value is -6.24. The fraction of sp³-hybridized carbons (Fsp3) is 0.378. The van der Waals surface area contributed by atoms with Gasteiger partial charge in [0.1, 0.15) is 11.9 Å². The molecule has 1 aliphatic rings. The van der Waals surface area contributed by atoms with Crippen molar-refractivity contribution >= 4 is 11.6 Å². The Morgan fingerprint density at radius 3 is 1.74 bits per heavy atom. The highest BCUT2D eigenvalue weighted by molar-refractivity contribution is 6.01. The number of aromatic nitrogens is 1. The first kappa shape index (κ1) is 41.4. The number of amides is 1. The molecule has 1 aromatic heterocycles. The van der Waals surface area contributed by atoms with Crippen LogP contribution in [-0.2, 0) is 0 Å². The molecule has 0 bridgehead atoms. The molecule has 0 saturated heterocycles. The van der Waals surface area contributed by atoms with Crippen molar-refractivity contribution < 1.29 is 47.2 Å². The molecule has 1 atom stereocenters. The first-order valence-electron chi connectivity index (χ1n) is 19.5. The Morgan fingerprint density at radius 2 is 1.12 bits per heavy atom. The lowest BCUT2D eigenvalue weighted by Crippen LogP contribution is -2.38. The van der Waals surface area contributed by atoms with Gasteiger partial charge in [-0.05, 0) is 66.9 Å². The largest absolute Gasteiger partial charge is 0.493 e. The second kappa shape index (κ2) is 20.3. The number of ether oxygens (including phenoxy) is 8. The number of fused-ring (bicyclic) bond motifs is 1. The zero-order valence-electron chi connectivity index (χ0n) is 34.1. The number of carbonyl (C=O) groups is 1. The molecular formula is C45H53N3O10. The lowest BCUT2D eigenvalue weighted by atomic mass is 10.1. The van der Waals surface area contributed by atoms with Crippen LogP contribution in [0, 0.1) is 0 Å². The van der Waals surface area contributed by atoms with Gasteiger partial charge in [0.2, 0.25) is 11.5 Å². The van der Waals surface area contributed by atoms with Crippen LogP contribution >= 0.6 is 0 Å². The monoisotopic (exact) mass is 795 g/mol. The summed E-state index contributed by atoms with van der Waals surface area (Å²) in [6.07, 6.45) is 8.32. The molecular weight excluding hydrogens is 743 g/mol. The van der Waals surface area contributed by atoms with Crippen LogP contribution in [0.1, 0.15) is 73.5 Å². The van der Waals surface area contributed by atoms with Gasteiger partial charge < -0.3 is 53.1 Å². The van der Waals surface area contributed by atoms with Crippen LogP contribution in [0.15, 0.2) is 77.3 Å². The molecule has 308 valence electrons. The number of nitrogens with one attached hydrogen (secondary N) is 2. The number of anilines is 1. The zero-order chi connectivity index (χ0) is 40.9. The summed E-state index contributed by atoms with van der Waals surface area (Å²) in [4.78, 5) is 12.6. The number of carbonyl (C=O) groups excluding carboxylic acids is 1. The van der Waals surface area contributed by atoms with E-state index in [1.54, 1.807) is 60.9 Å². The molecule has 2 N–H and O–H groups in total. The van der Waals surface area contributed by atoms with Gasteiger partial charge in [-0.1, -0.05) is 61.9 Å². The van der Waals surface area contributed by atoms with E-state index in [1.807, 2.05) is 54.6 Å². The van der Waals surface area contributed by atoms with E-state index >= 15 is 0 Å². The SMILES string of the molecule is COc1cc(C2NC(=O)c3ccccc3N2)ccc1OCCCCCCCCCCOc1c(OC)cc(-c2cc(-c3cc(OC)c(OC)c(OC)c3)on2)cc1OC. The third-order valence-electron chi connectivity index (χ3n) is 10.0. The topological polar surface area (TPSA) is 141 Å². The fourth-order valence-electron chi connectivity index (χ4n) is 6.92. The van der Waals surface area contributed by atoms with Crippen LogP contribution in [-0.4, -0.2) is 66.9 Å². The van der Waals surface area contributed by atoms with Crippen molar-refractivity contribution in [2.45, 2.75) is 57.5 Å². The third-order valence-corrected chi connectivity index (χ3v) is 10.0. The number of methoxy groups -OCH3 is 6. The van der Waals surface area contributed by atoms with Gasteiger partial charge in [0.05, 0.1) is 61.4 Å². The van der Waals surface area contributed by atoms with E-state index in [1.165, 1.54) is 12.8 Å². The van der Waals surface area contributed by atoms with E-state index in [0.717, 1.165) is 60.9 Å². The van der Waals surface area contributed by atoms with E-state index in [9.17, 15) is 4.79 Å². The molecule has 1 aliphatic heterocycles. The van der Waals surface area contributed by atoms with E-state index in [0.29, 0.717) is 76.2 Å². The lowest BCUT2D eigenvalue weighted by Gasteiger charge is -2.28. The minimum atomic E-state index is -0.353. The summed E-state index contributed by atoms with van der Waals surface area (Å²) in [6.45, 7) is 1.16. The quantitative estimate of drug-likeness (QED) is 0.0645. The molecule has 13 heteroatoms. The van der Waals surface area contributed by atoms with Crippen LogP contribution in [0.5, 0.6) is 46.0 Å². The van der Waals surface area contributed by atoms with E-state index in [4.69, 9.17) is 42.4 Å². The summed E-state index contributed by atoms with van der Waals surface area (Å²) in [5.74, 6) is 4.92. The Kier molecular flexibility index (Phi) is 14.5. The Balaban J connectivity index is 0.894. The maximum Gasteiger partial charge on any atom is 0.255 e. The summed E-state index contributed by atoms with van der Waals surface area (Å²) < 4.78 is 51.5. The van der Waals surface area contributed by atoms with E-state index < -0.39 is 0 Å². The predicted octanol–water partition coefficient (Wildman–Crippen LogP) is 9.49. The molecule has 4 aromatic carbocycles. The first-order chi connectivity index (χ1) is 28.4. The average Bonchev–Trinajstić information content (AvgIpc) is 3.76. The molecule has 5 aromatic rings. The molecule has 0 saturated carbocycles. The molecule has 58 heavy (non-hydrogen) atoms. The maximum atomic E-state index is 12.6. The van der Waals surface area contributed by atoms with Crippen LogP contribution in [0.3, 0.4) is 0 Å². The van der Waals surface area contributed by atoms with Crippen molar-refractivity contribution in [3.63, 3.8) is 0 Å². The molecule has 2 heterocycles. The van der Waals surface area contributed by atoms with Crippen molar-refractivity contribution in [1.82, 2.24) is 10.5 Å². The van der Waals surface area contributed by atoms with Crippen molar-refractivity contribution in [1.29, 1.82) is 0 Å². The number of unbranched alkanes of at least 4 members (excludes halogenated alkanes) is 7. The molecule has 13 nitrogen and oxygen atoms in total. The van der Waals surface area contributed by atoms with Gasteiger partial charge in [-0.2, -0.15) is 0 Å². The minimum Gasteiger partial charge on any atom is -0.493 e. The molecule has 0 radical (unpaired) electrons. The number of para-hydroxylation sites is 1. The maximum absolute atomic E-state index is 12.6. The van der Waals surface area contributed by atoms with E-state index in [-0.39, 0.29) is 12.1 Å². The van der Waals surface area contributed by atoms with Gasteiger partial charge in [0, 0.05) is 22.9 Å². The smallest absolute Gasteiger partial charge is 0.255 e. The summed E-state index contributed by atoms with van der Waals surface area (Å²) in [5, 5.41) is 10.7. The van der Waals surface area contributed by atoms with Crippen LogP contribution in [0.25, 0.3) is 22.6 Å². The van der Waals surface area contributed by atoms with Crippen molar-refractivity contribution in [2.75, 3.05) is 61.2 Å². The standard InChI is InChI=1S/C45H53N3O10/c1-50-37-23-29(44-46-33-18-14-13-17-32(33)45(49)47-44)19-20-35(37)56-21-15-11-9-7-8-10-12-16-22-57-43-40(53-4)24-30(25-41(43)54-5)34-28-36(58-48-34)31-26-38(51-2)42(55-6)39(27-31)52-3/h13-14,17-20,23-28,44,46H,7-12,15-16,21-22H2,1-6H3,(H,47,49). The summed E-state index contributed by atoms with van der Waals surface area (Å²) in [7, 11) is 9.53. The van der Waals surface area contributed by atoms with Gasteiger partial charge >= 0.3 is 0 Å². The predicted molar refractivity (Wildman–Crippen MR) is 221 cm³/mol. The number of hydrogen-bond acceptors (Lipinski definition) is 12.